The van der Waals surface area contributed by atoms with Crippen LogP contribution in [-0.2, 0) is 16.2 Å². The monoisotopic (exact) mass is 289 g/mol. The fourth-order valence-corrected chi connectivity index (χ4v) is 2.93. The molecule has 0 spiro atoms. The summed E-state index contributed by atoms with van der Waals surface area (Å²) in [6, 6.07) is 9.99. The highest BCUT2D eigenvalue weighted by atomic mass is 16.7. The van der Waals surface area contributed by atoms with E-state index in [0.29, 0.717) is 6.61 Å². The third-order valence-electron chi connectivity index (χ3n) is 4.54. The molecule has 116 valence electrons. The molecule has 21 heavy (non-hydrogen) atoms. The summed E-state index contributed by atoms with van der Waals surface area (Å²) in [5.41, 5.74) is 0.951. The number of amides is 1. The molecule has 1 fully saturated rings. The van der Waals surface area contributed by atoms with E-state index in [4.69, 9.17) is 4.84 Å². The van der Waals surface area contributed by atoms with Gasteiger partial charge >= 0.3 is 0 Å². The van der Waals surface area contributed by atoms with Crippen LogP contribution in [0.15, 0.2) is 30.3 Å². The summed E-state index contributed by atoms with van der Waals surface area (Å²) in [7, 11) is 0. The van der Waals surface area contributed by atoms with E-state index in [0.717, 1.165) is 31.4 Å². The molecule has 0 unspecified atom stereocenters. The Labute approximate surface area is 128 Å². The summed E-state index contributed by atoms with van der Waals surface area (Å²) in [6.07, 6.45) is 6.81. The minimum absolute atomic E-state index is 0.148. The number of rotatable bonds is 9. The van der Waals surface area contributed by atoms with Gasteiger partial charge in [0.1, 0.15) is 6.61 Å². The Bertz CT molecular complexity index is 446. The third kappa shape index (κ3) is 3.85. The van der Waals surface area contributed by atoms with E-state index >= 15 is 0 Å². The topological polar surface area (TPSA) is 29.5 Å². The fourth-order valence-electron chi connectivity index (χ4n) is 2.93. The highest BCUT2D eigenvalue weighted by molar-refractivity contribution is 5.87. The Kier molecular flexibility index (Phi) is 5.80. The molecule has 1 amide bonds. The van der Waals surface area contributed by atoms with Crippen LogP contribution in [0.5, 0.6) is 0 Å². The summed E-state index contributed by atoms with van der Waals surface area (Å²) in [5, 5.41) is 1.55. The molecule has 0 aliphatic carbocycles. The largest absolute Gasteiger partial charge is 0.272 e. The highest BCUT2D eigenvalue weighted by Crippen LogP contribution is 2.40. The van der Waals surface area contributed by atoms with E-state index in [1.54, 1.807) is 5.06 Å². The molecule has 1 aliphatic heterocycles. The van der Waals surface area contributed by atoms with Gasteiger partial charge in [-0.2, -0.15) is 0 Å². The first kappa shape index (κ1) is 16.0. The lowest BCUT2D eigenvalue weighted by atomic mass is 9.73. The summed E-state index contributed by atoms with van der Waals surface area (Å²) < 4.78 is 0. The Morgan fingerprint density at radius 1 is 1.14 bits per heavy atom. The number of carbonyl (C=O) groups excluding carboxylic acids is 1. The SMILES string of the molecule is CCCCCC[C@@]1(CC)CN(OCc2ccccc2)C1=O. The predicted octanol–water partition coefficient (Wildman–Crippen LogP) is 4.33. The predicted molar refractivity (Wildman–Crippen MR) is 84.4 cm³/mol. The normalized spacial score (nSPS) is 21.4. The van der Waals surface area contributed by atoms with E-state index in [-0.39, 0.29) is 11.3 Å². The molecular formula is C18H27NO2. The van der Waals surface area contributed by atoms with Gasteiger partial charge in [-0.15, -0.1) is 0 Å². The fraction of sp³-hybridized carbons (Fsp3) is 0.611. The zero-order valence-electron chi connectivity index (χ0n) is 13.3. The summed E-state index contributed by atoms with van der Waals surface area (Å²) in [5.74, 6) is 0.178. The van der Waals surface area contributed by atoms with Crippen molar-refractivity contribution in [3.05, 3.63) is 35.9 Å². The van der Waals surface area contributed by atoms with Crippen LogP contribution < -0.4 is 0 Å². The molecule has 1 heterocycles. The van der Waals surface area contributed by atoms with Gasteiger partial charge in [-0.3, -0.25) is 9.63 Å². The zero-order chi connectivity index (χ0) is 15.1. The molecule has 0 saturated carbocycles. The molecule has 0 aromatic heterocycles. The van der Waals surface area contributed by atoms with Gasteiger partial charge in [0.15, 0.2) is 0 Å². The van der Waals surface area contributed by atoms with E-state index < -0.39 is 0 Å². The third-order valence-corrected chi connectivity index (χ3v) is 4.54. The van der Waals surface area contributed by atoms with Crippen molar-refractivity contribution in [1.29, 1.82) is 0 Å². The van der Waals surface area contributed by atoms with Crippen molar-refractivity contribution >= 4 is 5.91 Å². The Morgan fingerprint density at radius 2 is 1.90 bits per heavy atom. The minimum Gasteiger partial charge on any atom is -0.272 e. The number of unbranched alkanes of at least 4 members (excludes halogenated alkanes) is 3. The van der Waals surface area contributed by atoms with Gasteiger partial charge in [-0.1, -0.05) is 69.9 Å². The van der Waals surface area contributed by atoms with Crippen LogP contribution in [0.25, 0.3) is 0 Å². The summed E-state index contributed by atoms with van der Waals surface area (Å²) >= 11 is 0. The molecule has 2 rings (SSSR count). The number of β-lactam (4-membered cyclic amide) rings is 1. The number of hydroxylamine groups is 2. The summed E-state index contributed by atoms with van der Waals surface area (Å²) in [6.45, 7) is 5.55. The molecule has 0 N–H and O–H groups in total. The van der Waals surface area contributed by atoms with Gasteiger partial charge in [0, 0.05) is 0 Å². The number of benzene rings is 1. The molecule has 1 saturated heterocycles. The van der Waals surface area contributed by atoms with Crippen molar-refractivity contribution in [2.75, 3.05) is 6.54 Å². The summed E-state index contributed by atoms with van der Waals surface area (Å²) in [4.78, 5) is 18.0. The smallest absolute Gasteiger partial charge is 0.254 e. The van der Waals surface area contributed by atoms with Crippen molar-refractivity contribution in [2.45, 2.75) is 59.0 Å². The molecule has 1 aliphatic rings. The zero-order valence-corrected chi connectivity index (χ0v) is 13.3. The van der Waals surface area contributed by atoms with Crippen molar-refractivity contribution in [3.8, 4) is 0 Å². The van der Waals surface area contributed by atoms with Crippen LogP contribution in [-0.4, -0.2) is 17.5 Å². The number of nitrogens with zero attached hydrogens (tertiary/aromatic N) is 1. The van der Waals surface area contributed by atoms with E-state index in [2.05, 4.69) is 13.8 Å². The average Bonchev–Trinajstić information content (AvgIpc) is 2.53. The first-order valence-electron chi connectivity index (χ1n) is 8.20. The van der Waals surface area contributed by atoms with Gasteiger partial charge in [0.25, 0.3) is 5.91 Å². The molecule has 1 atom stereocenters. The lowest BCUT2D eigenvalue weighted by molar-refractivity contribution is -0.244. The number of hydrogen-bond donors (Lipinski definition) is 0. The highest BCUT2D eigenvalue weighted by Gasteiger charge is 2.51. The van der Waals surface area contributed by atoms with Crippen molar-refractivity contribution < 1.29 is 9.63 Å². The second-order valence-electron chi connectivity index (χ2n) is 6.05. The van der Waals surface area contributed by atoms with Crippen LogP contribution in [0.1, 0.15) is 57.9 Å². The number of carbonyl (C=O) groups is 1. The molecular weight excluding hydrogens is 262 g/mol. The van der Waals surface area contributed by atoms with Crippen LogP contribution in [0.4, 0.5) is 0 Å². The average molecular weight is 289 g/mol. The lowest BCUT2D eigenvalue weighted by Crippen LogP contribution is -2.60. The first-order valence-corrected chi connectivity index (χ1v) is 8.20. The van der Waals surface area contributed by atoms with Crippen LogP contribution in [0, 0.1) is 5.41 Å². The maximum atomic E-state index is 12.4. The van der Waals surface area contributed by atoms with Gasteiger partial charge in [0.05, 0.1) is 12.0 Å². The van der Waals surface area contributed by atoms with Crippen molar-refractivity contribution in [1.82, 2.24) is 5.06 Å². The standard InChI is InChI=1S/C18H27NO2/c1-3-5-6-10-13-18(4-2)15-19(17(18)20)21-14-16-11-8-7-9-12-16/h7-9,11-12H,3-6,10,13-15H2,1-2H3/t18-/m0/s1. The van der Waals surface area contributed by atoms with Gasteiger partial charge in [0.2, 0.25) is 0 Å². The molecule has 1 aromatic carbocycles. The number of hydrogen-bond acceptors (Lipinski definition) is 2. The maximum Gasteiger partial charge on any atom is 0.254 e. The van der Waals surface area contributed by atoms with Crippen LogP contribution in [0.3, 0.4) is 0 Å². The minimum atomic E-state index is -0.148. The molecule has 3 nitrogen and oxygen atoms in total. The van der Waals surface area contributed by atoms with Gasteiger partial charge in [-0.25, -0.2) is 5.06 Å². The second-order valence-corrected chi connectivity index (χ2v) is 6.05. The van der Waals surface area contributed by atoms with Gasteiger partial charge in [-0.05, 0) is 18.4 Å². The van der Waals surface area contributed by atoms with Gasteiger partial charge < -0.3 is 0 Å². The Hall–Kier alpha value is -1.35. The Morgan fingerprint density at radius 3 is 2.52 bits per heavy atom. The molecule has 0 radical (unpaired) electrons. The van der Waals surface area contributed by atoms with Crippen LogP contribution in [0.2, 0.25) is 0 Å². The Balaban J connectivity index is 1.77. The maximum absolute atomic E-state index is 12.4. The quantitative estimate of drug-likeness (QED) is 0.500. The van der Waals surface area contributed by atoms with E-state index in [1.165, 1.54) is 19.3 Å². The van der Waals surface area contributed by atoms with Crippen molar-refractivity contribution in [2.24, 2.45) is 5.41 Å². The first-order chi connectivity index (χ1) is 10.2. The molecule has 3 heteroatoms. The second kappa shape index (κ2) is 7.60. The van der Waals surface area contributed by atoms with Crippen molar-refractivity contribution in [3.63, 3.8) is 0 Å². The lowest BCUT2D eigenvalue weighted by Gasteiger charge is -2.47. The van der Waals surface area contributed by atoms with Crippen LogP contribution >= 0.6 is 0 Å². The molecule has 1 aromatic rings. The molecule has 0 bridgehead atoms. The van der Waals surface area contributed by atoms with E-state index in [1.807, 2.05) is 30.3 Å². The van der Waals surface area contributed by atoms with E-state index in [9.17, 15) is 4.79 Å².